The lowest BCUT2D eigenvalue weighted by Gasteiger charge is -2.28. The molecule has 0 aliphatic rings. The molecular formula is C14H21NO3. The molecule has 1 atom stereocenters. The van der Waals surface area contributed by atoms with E-state index >= 15 is 0 Å². The maximum atomic E-state index is 12.4. The molecule has 0 aliphatic heterocycles. The number of hydrogen-bond acceptors (Lipinski definition) is 3. The highest BCUT2D eigenvalue weighted by atomic mass is 16.5. The van der Waals surface area contributed by atoms with E-state index in [4.69, 9.17) is 4.74 Å². The Morgan fingerprint density at radius 2 is 2.17 bits per heavy atom. The number of carbonyl (C=O) groups excluding carboxylic acids is 1. The summed E-state index contributed by atoms with van der Waals surface area (Å²) < 4.78 is 5.08. The molecule has 1 unspecified atom stereocenters. The average molecular weight is 251 g/mol. The van der Waals surface area contributed by atoms with Gasteiger partial charge in [0.1, 0.15) is 5.75 Å². The second-order valence-corrected chi connectivity index (χ2v) is 4.35. The normalized spacial score (nSPS) is 12.2. The first-order valence-electron chi connectivity index (χ1n) is 6.11. The molecule has 0 heterocycles. The average Bonchev–Trinajstić information content (AvgIpc) is 2.33. The van der Waals surface area contributed by atoms with Gasteiger partial charge in [0.25, 0.3) is 5.91 Å². The predicted molar refractivity (Wildman–Crippen MR) is 70.9 cm³/mol. The second-order valence-electron chi connectivity index (χ2n) is 4.35. The van der Waals surface area contributed by atoms with Gasteiger partial charge in [0.05, 0.1) is 12.6 Å². The number of hydrogen-bond donors (Lipinski definition) is 1. The van der Waals surface area contributed by atoms with Crippen LogP contribution in [0.5, 0.6) is 5.75 Å². The minimum absolute atomic E-state index is 0.00856. The molecule has 18 heavy (non-hydrogen) atoms. The summed E-state index contributed by atoms with van der Waals surface area (Å²) in [7, 11) is 1.62. The van der Waals surface area contributed by atoms with Crippen LogP contribution in [0.25, 0.3) is 0 Å². The van der Waals surface area contributed by atoms with Gasteiger partial charge in [0, 0.05) is 24.8 Å². The third kappa shape index (κ3) is 3.01. The molecule has 4 heteroatoms. The summed E-state index contributed by atoms with van der Waals surface area (Å²) in [6.07, 6.45) is 0. The Balaban J connectivity index is 3.00. The van der Waals surface area contributed by atoms with E-state index in [1.807, 2.05) is 13.8 Å². The van der Waals surface area contributed by atoms with Gasteiger partial charge in [0.2, 0.25) is 0 Å². The lowest BCUT2D eigenvalue weighted by atomic mass is 10.1. The van der Waals surface area contributed by atoms with Crippen LogP contribution in [0.3, 0.4) is 0 Å². The number of ether oxygens (including phenoxy) is 1. The predicted octanol–water partition coefficient (Wildman–Crippen LogP) is 2.20. The van der Waals surface area contributed by atoms with Gasteiger partial charge >= 0.3 is 0 Å². The van der Waals surface area contributed by atoms with Crippen LogP contribution >= 0.6 is 0 Å². The fourth-order valence-corrected chi connectivity index (χ4v) is 2.00. The van der Waals surface area contributed by atoms with Crippen LogP contribution in [0.1, 0.15) is 29.8 Å². The van der Waals surface area contributed by atoms with Crippen molar-refractivity contribution in [3.05, 3.63) is 29.3 Å². The van der Waals surface area contributed by atoms with Crippen molar-refractivity contribution in [3.63, 3.8) is 0 Å². The molecule has 0 fully saturated rings. The third-order valence-corrected chi connectivity index (χ3v) is 3.08. The topological polar surface area (TPSA) is 49.8 Å². The summed E-state index contributed by atoms with van der Waals surface area (Å²) in [5, 5.41) is 9.65. The fourth-order valence-electron chi connectivity index (χ4n) is 2.00. The van der Waals surface area contributed by atoms with Crippen molar-refractivity contribution in [1.82, 2.24) is 4.90 Å². The van der Waals surface area contributed by atoms with E-state index in [9.17, 15) is 9.90 Å². The molecule has 100 valence electrons. The van der Waals surface area contributed by atoms with Gasteiger partial charge in [-0.05, 0) is 32.9 Å². The highest BCUT2D eigenvalue weighted by Crippen LogP contribution is 2.21. The maximum absolute atomic E-state index is 12.4. The number of benzene rings is 1. The Hall–Kier alpha value is -1.55. The zero-order valence-corrected chi connectivity index (χ0v) is 11.4. The standard InChI is InChI=1S/C14H21NO3/c1-5-15(10(2)9-18-4)14(17)12-7-6-8-13(16)11(12)3/h6-8,10,16H,5,9H2,1-4H3. The number of likely N-dealkylation sites (N-methyl/N-ethyl adjacent to an activating group) is 1. The highest BCUT2D eigenvalue weighted by molar-refractivity contribution is 5.96. The minimum Gasteiger partial charge on any atom is -0.508 e. The largest absolute Gasteiger partial charge is 0.508 e. The fraction of sp³-hybridized carbons (Fsp3) is 0.500. The van der Waals surface area contributed by atoms with E-state index < -0.39 is 0 Å². The second kappa shape index (κ2) is 6.40. The van der Waals surface area contributed by atoms with E-state index in [1.54, 1.807) is 37.1 Å². The molecule has 0 saturated carbocycles. The molecule has 1 amide bonds. The smallest absolute Gasteiger partial charge is 0.254 e. The van der Waals surface area contributed by atoms with Gasteiger partial charge in [-0.15, -0.1) is 0 Å². The number of nitrogens with zero attached hydrogens (tertiary/aromatic N) is 1. The number of rotatable bonds is 5. The molecule has 0 bridgehead atoms. The molecule has 4 nitrogen and oxygen atoms in total. The monoisotopic (exact) mass is 251 g/mol. The number of carbonyl (C=O) groups is 1. The summed E-state index contributed by atoms with van der Waals surface area (Å²) in [5.74, 6) is 0.0757. The molecule has 1 aromatic carbocycles. The Labute approximate surface area is 108 Å². The van der Waals surface area contributed by atoms with Crippen molar-refractivity contribution in [1.29, 1.82) is 0 Å². The van der Waals surface area contributed by atoms with E-state index in [2.05, 4.69) is 0 Å². The molecular weight excluding hydrogens is 230 g/mol. The summed E-state index contributed by atoms with van der Waals surface area (Å²) >= 11 is 0. The van der Waals surface area contributed by atoms with Crippen molar-refractivity contribution in [2.24, 2.45) is 0 Å². The third-order valence-electron chi connectivity index (χ3n) is 3.08. The number of phenols is 1. The molecule has 1 aromatic rings. The number of methoxy groups -OCH3 is 1. The Bertz CT molecular complexity index is 418. The van der Waals surface area contributed by atoms with Crippen LogP contribution in [0.4, 0.5) is 0 Å². The van der Waals surface area contributed by atoms with Crippen LogP contribution in [-0.2, 0) is 4.74 Å². The number of phenolic OH excluding ortho intramolecular Hbond substituents is 1. The molecule has 0 spiro atoms. The van der Waals surface area contributed by atoms with Crippen molar-refractivity contribution in [2.45, 2.75) is 26.8 Å². The highest BCUT2D eigenvalue weighted by Gasteiger charge is 2.21. The quantitative estimate of drug-likeness (QED) is 0.872. The first-order chi connectivity index (χ1) is 8.52. The lowest BCUT2D eigenvalue weighted by Crippen LogP contribution is -2.41. The van der Waals surface area contributed by atoms with Crippen molar-refractivity contribution in [3.8, 4) is 5.75 Å². The zero-order chi connectivity index (χ0) is 13.7. The van der Waals surface area contributed by atoms with Crippen LogP contribution in [0.15, 0.2) is 18.2 Å². The van der Waals surface area contributed by atoms with Gasteiger partial charge in [-0.2, -0.15) is 0 Å². The number of amides is 1. The van der Waals surface area contributed by atoms with Crippen LogP contribution < -0.4 is 0 Å². The molecule has 0 radical (unpaired) electrons. The van der Waals surface area contributed by atoms with E-state index in [0.29, 0.717) is 24.3 Å². The molecule has 1 rings (SSSR count). The Morgan fingerprint density at radius 1 is 1.50 bits per heavy atom. The van der Waals surface area contributed by atoms with Crippen molar-refractivity contribution < 1.29 is 14.6 Å². The zero-order valence-electron chi connectivity index (χ0n) is 11.4. The van der Waals surface area contributed by atoms with Gasteiger partial charge in [0.15, 0.2) is 0 Å². The SMILES string of the molecule is CCN(C(=O)c1cccc(O)c1C)C(C)COC. The maximum Gasteiger partial charge on any atom is 0.254 e. The van der Waals surface area contributed by atoms with Gasteiger partial charge in [-0.25, -0.2) is 0 Å². The number of aromatic hydroxyl groups is 1. The van der Waals surface area contributed by atoms with E-state index in [-0.39, 0.29) is 17.7 Å². The summed E-state index contributed by atoms with van der Waals surface area (Å²) in [6, 6.07) is 5.01. The Morgan fingerprint density at radius 3 is 2.72 bits per heavy atom. The van der Waals surface area contributed by atoms with Crippen molar-refractivity contribution >= 4 is 5.91 Å². The summed E-state index contributed by atoms with van der Waals surface area (Å²) in [5.41, 5.74) is 1.16. The molecule has 0 saturated heterocycles. The Kier molecular flexibility index (Phi) is 5.16. The van der Waals surface area contributed by atoms with Crippen LogP contribution in [0, 0.1) is 6.92 Å². The van der Waals surface area contributed by atoms with E-state index in [0.717, 1.165) is 0 Å². The van der Waals surface area contributed by atoms with Gasteiger partial charge in [-0.3, -0.25) is 4.79 Å². The molecule has 0 aliphatic carbocycles. The lowest BCUT2D eigenvalue weighted by molar-refractivity contribution is 0.0578. The molecule has 0 aromatic heterocycles. The van der Waals surface area contributed by atoms with Crippen LogP contribution in [-0.4, -0.2) is 42.2 Å². The summed E-state index contributed by atoms with van der Waals surface area (Å²) in [4.78, 5) is 14.2. The van der Waals surface area contributed by atoms with E-state index in [1.165, 1.54) is 0 Å². The van der Waals surface area contributed by atoms with Crippen molar-refractivity contribution in [2.75, 3.05) is 20.3 Å². The molecule has 1 N–H and O–H groups in total. The van der Waals surface area contributed by atoms with Crippen LogP contribution in [0.2, 0.25) is 0 Å². The van der Waals surface area contributed by atoms with Gasteiger partial charge < -0.3 is 14.7 Å². The van der Waals surface area contributed by atoms with Gasteiger partial charge in [-0.1, -0.05) is 6.07 Å². The minimum atomic E-state index is -0.0737. The first kappa shape index (κ1) is 14.5. The first-order valence-corrected chi connectivity index (χ1v) is 6.11. The summed E-state index contributed by atoms with van der Waals surface area (Å²) in [6.45, 7) is 6.73.